The Hall–Kier alpha value is -3.68. The van der Waals surface area contributed by atoms with Gasteiger partial charge in [-0.1, -0.05) is 12.1 Å². The van der Waals surface area contributed by atoms with Gasteiger partial charge in [-0.15, -0.1) is 0 Å². The first-order chi connectivity index (χ1) is 12.5. The van der Waals surface area contributed by atoms with Gasteiger partial charge in [-0.2, -0.15) is 0 Å². The molecule has 3 heterocycles. The Morgan fingerprint density at radius 3 is 2.69 bits per heavy atom. The summed E-state index contributed by atoms with van der Waals surface area (Å²) in [6, 6.07) is 11.6. The van der Waals surface area contributed by atoms with Crippen LogP contribution in [0.15, 0.2) is 53.5 Å². The second kappa shape index (κ2) is 5.69. The van der Waals surface area contributed by atoms with Gasteiger partial charge < -0.3 is 4.74 Å². The predicted molar refractivity (Wildman–Crippen MR) is 96.2 cm³/mol. The first-order valence-electron chi connectivity index (χ1n) is 7.83. The van der Waals surface area contributed by atoms with Crippen molar-refractivity contribution in [2.24, 2.45) is 0 Å². The number of aryl methyl sites for hydroxylation is 1. The molecule has 0 N–H and O–H groups in total. The fraction of sp³-hybridized carbons (Fsp3) is 0.111. The minimum absolute atomic E-state index is 0.0487. The summed E-state index contributed by atoms with van der Waals surface area (Å²) in [7, 11) is 1.54. The summed E-state index contributed by atoms with van der Waals surface area (Å²) in [5.41, 5.74) is 1.42. The lowest BCUT2D eigenvalue weighted by Gasteiger charge is -2.12. The number of ether oxygens (including phenoxy) is 1. The number of methoxy groups -OCH3 is 1. The summed E-state index contributed by atoms with van der Waals surface area (Å²) in [5.74, 6) is 0.952. The van der Waals surface area contributed by atoms with Crippen LogP contribution in [0.2, 0.25) is 0 Å². The largest absolute Gasteiger partial charge is 0.495 e. The zero-order valence-corrected chi connectivity index (χ0v) is 14.0. The lowest BCUT2D eigenvalue weighted by atomic mass is 10.2. The number of nitrogens with zero attached hydrogens (tertiary/aromatic N) is 4. The van der Waals surface area contributed by atoms with E-state index < -0.39 is 4.92 Å². The molecule has 0 aliphatic heterocycles. The highest BCUT2D eigenvalue weighted by molar-refractivity contribution is 5.86. The minimum Gasteiger partial charge on any atom is -0.495 e. The molecule has 0 fully saturated rings. The summed E-state index contributed by atoms with van der Waals surface area (Å²) >= 11 is 0. The highest BCUT2D eigenvalue weighted by Crippen LogP contribution is 2.28. The van der Waals surface area contributed by atoms with Crippen molar-refractivity contribution in [1.82, 2.24) is 14.0 Å². The van der Waals surface area contributed by atoms with Crippen molar-refractivity contribution in [3.05, 3.63) is 74.8 Å². The van der Waals surface area contributed by atoms with Crippen LogP contribution in [0.4, 0.5) is 5.69 Å². The van der Waals surface area contributed by atoms with Crippen LogP contribution in [-0.4, -0.2) is 26.0 Å². The number of pyridine rings is 2. The Kier molecular flexibility index (Phi) is 3.47. The van der Waals surface area contributed by atoms with Gasteiger partial charge in [0.2, 0.25) is 0 Å². The molecule has 130 valence electrons. The molecule has 0 amide bonds. The van der Waals surface area contributed by atoms with Crippen molar-refractivity contribution in [3.8, 4) is 11.6 Å². The summed E-state index contributed by atoms with van der Waals surface area (Å²) in [5, 5.41) is 11.9. The van der Waals surface area contributed by atoms with Crippen LogP contribution < -0.4 is 10.3 Å². The normalized spacial score (nSPS) is 11.2. The molecular weight excluding hydrogens is 336 g/mol. The standard InChI is InChI=1S/C18H14N4O4/c1-11-18(19-15-8-7-13(22(24)25)10-20(11)15)21-16(23)9-6-12-4-3-5-14(26-2)17(12)21/h3-10H,1-2H3. The van der Waals surface area contributed by atoms with E-state index in [1.165, 1.54) is 30.0 Å². The van der Waals surface area contributed by atoms with Gasteiger partial charge in [0.15, 0.2) is 5.82 Å². The Bertz CT molecular complexity index is 1240. The molecule has 0 aliphatic carbocycles. The van der Waals surface area contributed by atoms with Crippen LogP contribution in [0.5, 0.6) is 5.75 Å². The molecule has 0 atom stereocenters. The fourth-order valence-electron chi connectivity index (χ4n) is 3.09. The Labute approximate surface area is 147 Å². The Balaban J connectivity index is 2.11. The quantitative estimate of drug-likeness (QED) is 0.418. The van der Waals surface area contributed by atoms with E-state index in [9.17, 15) is 14.9 Å². The number of hydrogen-bond acceptors (Lipinski definition) is 5. The van der Waals surface area contributed by atoms with E-state index in [0.717, 1.165) is 5.39 Å². The first-order valence-corrected chi connectivity index (χ1v) is 7.83. The van der Waals surface area contributed by atoms with Crippen molar-refractivity contribution in [1.29, 1.82) is 0 Å². The Morgan fingerprint density at radius 1 is 1.15 bits per heavy atom. The molecule has 1 aromatic carbocycles. The Morgan fingerprint density at radius 2 is 1.96 bits per heavy atom. The summed E-state index contributed by atoms with van der Waals surface area (Å²) in [6.45, 7) is 1.76. The summed E-state index contributed by atoms with van der Waals surface area (Å²) in [4.78, 5) is 27.8. The number of aromatic nitrogens is 3. The number of hydrogen-bond donors (Lipinski definition) is 0. The maximum absolute atomic E-state index is 12.7. The van der Waals surface area contributed by atoms with Crippen LogP contribution in [0, 0.1) is 17.0 Å². The summed E-state index contributed by atoms with van der Waals surface area (Å²) in [6.07, 6.45) is 1.40. The van der Waals surface area contributed by atoms with E-state index in [2.05, 4.69) is 4.98 Å². The molecule has 0 spiro atoms. The smallest absolute Gasteiger partial charge is 0.286 e. The number of para-hydroxylation sites is 1. The lowest BCUT2D eigenvalue weighted by Crippen LogP contribution is -2.19. The average molecular weight is 350 g/mol. The summed E-state index contributed by atoms with van der Waals surface area (Å²) < 4.78 is 8.51. The third kappa shape index (κ3) is 2.23. The monoisotopic (exact) mass is 350 g/mol. The van der Waals surface area contributed by atoms with Crippen molar-refractivity contribution >= 4 is 22.2 Å². The molecular formula is C18H14N4O4. The highest BCUT2D eigenvalue weighted by atomic mass is 16.6. The second-order valence-corrected chi connectivity index (χ2v) is 5.80. The maximum atomic E-state index is 12.7. The van der Waals surface area contributed by atoms with E-state index in [1.54, 1.807) is 29.5 Å². The van der Waals surface area contributed by atoms with Gasteiger partial charge in [-0.25, -0.2) is 4.98 Å². The van der Waals surface area contributed by atoms with Crippen molar-refractivity contribution < 1.29 is 9.66 Å². The molecule has 0 radical (unpaired) electrons. The number of benzene rings is 1. The molecule has 4 rings (SSSR count). The van der Waals surface area contributed by atoms with Crippen LogP contribution in [0.3, 0.4) is 0 Å². The third-order valence-corrected chi connectivity index (χ3v) is 4.34. The molecule has 0 bridgehead atoms. The van der Waals surface area contributed by atoms with E-state index in [1.807, 2.05) is 12.1 Å². The van der Waals surface area contributed by atoms with Gasteiger partial charge in [0, 0.05) is 17.5 Å². The average Bonchev–Trinajstić information content (AvgIpc) is 2.97. The third-order valence-electron chi connectivity index (χ3n) is 4.34. The van der Waals surface area contributed by atoms with Crippen LogP contribution in [-0.2, 0) is 0 Å². The zero-order chi connectivity index (χ0) is 18.4. The molecule has 26 heavy (non-hydrogen) atoms. The maximum Gasteiger partial charge on any atom is 0.286 e. The van der Waals surface area contributed by atoms with E-state index >= 15 is 0 Å². The van der Waals surface area contributed by atoms with E-state index in [4.69, 9.17) is 4.74 Å². The number of nitro groups is 1. The van der Waals surface area contributed by atoms with E-state index in [-0.39, 0.29) is 11.2 Å². The SMILES string of the molecule is COc1cccc2ccc(=O)n(-c3nc4ccc([N+](=O)[O-])cn4c3C)c12. The molecule has 0 aliphatic rings. The van der Waals surface area contributed by atoms with Gasteiger partial charge >= 0.3 is 0 Å². The molecule has 0 saturated heterocycles. The van der Waals surface area contributed by atoms with Gasteiger partial charge in [0.25, 0.3) is 11.2 Å². The predicted octanol–water partition coefficient (Wildman–Crippen LogP) is 2.86. The van der Waals surface area contributed by atoms with Crippen molar-refractivity contribution in [3.63, 3.8) is 0 Å². The van der Waals surface area contributed by atoms with Crippen molar-refractivity contribution in [2.75, 3.05) is 7.11 Å². The van der Waals surface area contributed by atoms with Crippen LogP contribution in [0.1, 0.15) is 5.69 Å². The minimum atomic E-state index is -0.467. The molecule has 8 heteroatoms. The number of fused-ring (bicyclic) bond motifs is 2. The fourth-order valence-corrected chi connectivity index (χ4v) is 3.09. The van der Waals surface area contributed by atoms with Crippen LogP contribution in [0.25, 0.3) is 22.4 Å². The zero-order valence-electron chi connectivity index (χ0n) is 14.0. The topological polar surface area (TPSA) is 91.7 Å². The van der Waals surface area contributed by atoms with Gasteiger partial charge in [-0.05, 0) is 25.1 Å². The molecule has 8 nitrogen and oxygen atoms in total. The van der Waals surface area contributed by atoms with Crippen molar-refractivity contribution in [2.45, 2.75) is 6.92 Å². The highest BCUT2D eigenvalue weighted by Gasteiger charge is 2.18. The molecule has 0 unspecified atom stereocenters. The lowest BCUT2D eigenvalue weighted by molar-refractivity contribution is -0.385. The van der Waals surface area contributed by atoms with Gasteiger partial charge in [0.05, 0.1) is 29.4 Å². The van der Waals surface area contributed by atoms with Crippen LogP contribution >= 0.6 is 0 Å². The van der Waals surface area contributed by atoms with E-state index in [0.29, 0.717) is 28.4 Å². The molecule has 0 saturated carbocycles. The number of imidazole rings is 1. The first kappa shape index (κ1) is 15.8. The second-order valence-electron chi connectivity index (χ2n) is 5.80. The molecule has 4 aromatic rings. The molecule has 3 aromatic heterocycles. The number of rotatable bonds is 3. The van der Waals surface area contributed by atoms with Gasteiger partial charge in [0.1, 0.15) is 11.4 Å². The van der Waals surface area contributed by atoms with Gasteiger partial charge in [-0.3, -0.25) is 23.9 Å².